The zero-order chi connectivity index (χ0) is 11.1. The Morgan fingerprint density at radius 1 is 1.40 bits per heavy atom. The monoisotopic (exact) mass is 209 g/mol. The third-order valence-electron chi connectivity index (χ3n) is 1.99. The minimum absolute atomic E-state index is 0.129. The van der Waals surface area contributed by atoms with Crippen molar-refractivity contribution in [1.82, 2.24) is 0 Å². The van der Waals surface area contributed by atoms with E-state index in [0.29, 0.717) is 0 Å². The van der Waals surface area contributed by atoms with E-state index < -0.39 is 12.1 Å². The fourth-order valence-corrected chi connectivity index (χ4v) is 1.11. The van der Waals surface area contributed by atoms with Gasteiger partial charge in [-0.25, -0.2) is 4.79 Å². The molecule has 2 N–H and O–H groups in total. The van der Waals surface area contributed by atoms with Crippen LogP contribution in [-0.4, -0.2) is 25.7 Å². The number of nitrogens with two attached hydrogens (primary N) is 1. The van der Waals surface area contributed by atoms with Gasteiger partial charge in [-0.15, -0.1) is 0 Å². The first-order valence-electron chi connectivity index (χ1n) is 4.71. The lowest BCUT2D eigenvalue weighted by molar-refractivity contribution is -0.156. The molecule has 0 aromatic heterocycles. The standard InChI is InChI=1S/C11H15NO3/c1-14-10(7-12)11(13)15-8-9-5-3-2-4-6-9/h2-6,10H,7-8,12H2,1H3. The van der Waals surface area contributed by atoms with Crippen LogP contribution in [0.15, 0.2) is 30.3 Å². The Labute approximate surface area is 89.0 Å². The first-order valence-corrected chi connectivity index (χ1v) is 4.71. The Bertz CT molecular complexity index is 296. The maximum atomic E-state index is 11.4. The molecule has 0 spiro atoms. The number of benzene rings is 1. The molecule has 1 aromatic carbocycles. The summed E-state index contributed by atoms with van der Waals surface area (Å²) in [4.78, 5) is 11.4. The lowest BCUT2D eigenvalue weighted by atomic mass is 10.2. The van der Waals surface area contributed by atoms with E-state index in [4.69, 9.17) is 15.2 Å². The van der Waals surface area contributed by atoms with E-state index in [-0.39, 0.29) is 13.2 Å². The van der Waals surface area contributed by atoms with E-state index in [9.17, 15) is 4.79 Å². The Kier molecular flexibility index (Phi) is 4.80. The van der Waals surface area contributed by atoms with Crippen LogP contribution in [0.3, 0.4) is 0 Å². The Hall–Kier alpha value is -1.39. The molecule has 4 heteroatoms. The summed E-state index contributed by atoms with van der Waals surface area (Å²) in [7, 11) is 1.43. The van der Waals surface area contributed by atoms with Crippen molar-refractivity contribution in [2.24, 2.45) is 5.73 Å². The van der Waals surface area contributed by atoms with Crippen molar-refractivity contribution >= 4 is 5.97 Å². The number of carbonyl (C=O) groups excluding carboxylic acids is 1. The molecular weight excluding hydrogens is 194 g/mol. The van der Waals surface area contributed by atoms with Crippen LogP contribution in [0, 0.1) is 0 Å². The van der Waals surface area contributed by atoms with Crippen LogP contribution in [0.5, 0.6) is 0 Å². The molecule has 1 atom stereocenters. The van der Waals surface area contributed by atoms with E-state index >= 15 is 0 Å². The van der Waals surface area contributed by atoms with Crippen LogP contribution in [0.2, 0.25) is 0 Å². The third kappa shape index (κ3) is 3.69. The highest BCUT2D eigenvalue weighted by Crippen LogP contribution is 2.02. The lowest BCUT2D eigenvalue weighted by Gasteiger charge is -2.11. The van der Waals surface area contributed by atoms with Gasteiger partial charge in [-0.05, 0) is 5.56 Å². The van der Waals surface area contributed by atoms with Crippen LogP contribution >= 0.6 is 0 Å². The number of ether oxygens (including phenoxy) is 2. The summed E-state index contributed by atoms with van der Waals surface area (Å²) < 4.78 is 9.88. The molecule has 0 aliphatic heterocycles. The molecule has 0 aliphatic rings. The molecule has 0 radical (unpaired) electrons. The summed E-state index contributed by atoms with van der Waals surface area (Å²) in [6.07, 6.45) is -0.672. The number of methoxy groups -OCH3 is 1. The van der Waals surface area contributed by atoms with Crippen molar-refractivity contribution < 1.29 is 14.3 Å². The Morgan fingerprint density at radius 2 is 2.07 bits per heavy atom. The van der Waals surface area contributed by atoms with Gasteiger partial charge in [0.25, 0.3) is 0 Å². The minimum Gasteiger partial charge on any atom is -0.459 e. The van der Waals surface area contributed by atoms with Crippen molar-refractivity contribution in [1.29, 1.82) is 0 Å². The maximum Gasteiger partial charge on any atom is 0.336 e. The maximum absolute atomic E-state index is 11.4. The lowest BCUT2D eigenvalue weighted by Crippen LogP contribution is -2.32. The zero-order valence-corrected chi connectivity index (χ0v) is 8.68. The van der Waals surface area contributed by atoms with E-state index in [2.05, 4.69) is 0 Å². The molecule has 4 nitrogen and oxygen atoms in total. The fourth-order valence-electron chi connectivity index (χ4n) is 1.11. The SMILES string of the molecule is COC(CN)C(=O)OCc1ccccc1. The average molecular weight is 209 g/mol. The highest BCUT2D eigenvalue weighted by atomic mass is 16.6. The number of esters is 1. The van der Waals surface area contributed by atoms with Crippen molar-refractivity contribution in [3.05, 3.63) is 35.9 Å². The van der Waals surface area contributed by atoms with Gasteiger partial charge in [0, 0.05) is 13.7 Å². The smallest absolute Gasteiger partial charge is 0.336 e. The van der Waals surface area contributed by atoms with E-state index in [1.807, 2.05) is 30.3 Å². The summed E-state index contributed by atoms with van der Waals surface area (Å²) in [6, 6.07) is 9.46. The molecule has 15 heavy (non-hydrogen) atoms. The average Bonchev–Trinajstić information content (AvgIpc) is 2.29. The zero-order valence-electron chi connectivity index (χ0n) is 8.68. The molecule has 0 amide bonds. The highest BCUT2D eigenvalue weighted by Gasteiger charge is 2.16. The van der Waals surface area contributed by atoms with Crippen molar-refractivity contribution in [3.8, 4) is 0 Å². The van der Waals surface area contributed by atoms with Crippen LogP contribution < -0.4 is 5.73 Å². The van der Waals surface area contributed by atoms with Gasteiger partial charge in [0.2, 0.25) is 0 Å². The van der Waals surface area contributed by atoms with E-state index in [1.54, 1.807) is 0 Å². The first kappa shape index (κ1) is 11.7. The van der Waals surface area contributed by atoms with Crippen LogP contribution in [-0.2, 0) is 20.9 Å². The summed E-state index contributed by atoms with van der Waals surface area (Å²) in [6.45, 7) is 0.379. The molecule has 0 saturated heterocycles. The Morgan fingerprint density at radius 3 is 2.60 bits per heavy atom. The number of hydrogen-bond donors (Lipinski definition) is 1. The quantitative estimate of drug-likeness (QED) is 0.725. The summed E-state index contributed by atoms with van der Waals surface area (Å²) in [5, 5.41) is 0. The second-order valence-corrected chi connectivity index (χ2v) is 3.05. The normalized spacial score (nSPS) is 12.1. The van der Waals surface area contributed by atoms with Crippen molar-refractivity contribution in [2.45, 2.75) is 12.7 Å². The molecule has 82 valence electrons. The van der Waals surface area contributed by atoms with Crippen molar-refractivity contribution in [3.63, 3.8) is 0 Å². The topological polar surface area (TPSA) is 61.5 Å². The molecular formula is C11H15NO3. The summed E-state index contributed by atoms with van der Waals surface area (Å²) >= 11 is 0. The minimum atomic E-state index is -0.672. The molecule has 1 unspecified atom stereocenters. The predicted octanol–water partition coefficient (Wildman–Crippen LogP) is 0.703. The van der Waals surface area contributed by atoms with Crippen LogP contribution in [0.1, 0.15) is 5.56 Å². The molecule has 1 aromatic rings. The number of rotatable bonds is 5. The summed E-state index contributed by atoms with van der Waals surface area (Å²) in [5.41, 5.74) is 6.27. The van der Waals surface area contributed by atoms with E-state index in [0.717, 1.165) is 5.56 Å². The van der Waals surface area contributed by atoms with Gasteiger partial charge in [-0.3, -0.25) is 0 Å². The van der Waals surface area contributed by atoms with Gasteiger partial charge < -0.3 is 15.2 Å². The fraction of sp³-hybridized carbons (Fsp3) is 0.364. The molecule has 0 saturated carbocycles. The van der Waals surface area contributed by atoms with Gasteiger partial charge in [-0.1, -0.05) is 30.3 Å². The molecule has 0 heterocycles. The van der Waals surface area contributed by atoms with Gasteiger partial charge in [0.15, 0.2) is 6.10 Å². The molecule has 1 rings (SSSR count). The van der Waals surface area contributed by atoms with Gasteiger partial charge >= 0.3 is 5.97 Å². The Balaban J connectivity index is 2.40. The predicted molar refractivity (Wildman–Crippen MR) is 56.1 cm³/mol. The van der Waals surface area contributed by atoms with Crippen LogP contribution in [0.4, 0.5) is 0 Å². The van der Waals surface area contributed by atoms with Crippen molar-refractivity contribution in [2.75, 3.05) is 13.7 Å². The molecule has 0 bridgehead atoms. The largest absolute Gasteiger partial charge is 0.459 e. The molecule has 0 aliphatic carbocycles. The van der Waals surface area contributed by atoms with Gasteiger partial charge in [0.05, 0.1) is 0 Å². The molecule has 0 fully saturated rings. The highest BCUT2D eigenvalue weighted by molar-refractivity contribution is 5.74. The van der Waals surface area contributed by atoms with E-state index in [1.165, 1.54) is 7.11 Å². The third-order valence-corrected chi connectivity index (χ3v) is 1.99. The second kappa shape index (κ2) is 6.16. The number of carbonyl (C=O) groups is 1. The second-order valence-electron chi connectivity index (χ2n) is 3.05. The van der Waals surface area contributed by atoms with Crippen LogP contribution in [0.25, 0.3) is 0 Å². The first-order chi connectivity index (χ1) is 7.27. The van der Waals surface area contributed by atoms with Gasteiger partial charge in [-0.2, -0.15) is 0 Å². The van der Waals surface area contributed by atoms with Gasteiger partial charge in [0.1, 0.15) is 6.61 Å². The summed E-state index contributed by atoms with van der Waals surface area (Å²) in [5.74, 6) is -0.427. The number of hydrogen-bond acceptors (Lipinski definition) is 4.